The number of rotatable bonds is 9. The number of ether oxygens (including phenoxy) is 2. The number of nitrogens with zero attached hydrogens (tertiary/aromatic N) is 2. The van der Waals surface area contributed by atoms with Crippen LogP contribution in [0.4, 0.5) is 0 Å². The van der Waals surface area contributed by atoms with Crippen LogP contribution in [0.3, 0.4) is 0 Å². The van der Waals surface area contributed by atoms with Gasteiger partial charge in [0.2, 0.25) is 0 Å². The Hall–Kier alpha value is -2.96. The van der Waals surface area contributed by atoms with Crippen LogP contribution in [0.15, 0.2) is 66.7 Å². The Morgan fingerprint density at radius 1 is 0.667 bits per heavy atom. The zero-order chi connectivity index (χ0) is 31.9. The number of carbonyl (C=O) groups excluding carboxylic acids is 2. The van der Waals surface area contributed by atoms with Crippen LogP contribution in [-0.4, -0.2) is 83.5 Å². The molecule has 4 saturated heterocycles. The highest BCUT2D eigenvalue weighted by atomic mass is 16.5. The third-order valence-corrected chi connectivity index (χ3v) is 12.8. The Balaban J connectivity index is 1.26. The maximum absolute atomic E-state index is 14.1. The van der Waals surface area contributed by atoms with Crippen LogP contribution in [0.25, 0.3) is 5.57 Å². The smallest absolute Gasteiger partial charge is 0.338 e. The van der Waals surface area contributed by atoms with E-state index < -0.39 is 5.92 Å². The average molecular weight is 615 g/mol. The number of benzene rings is 2. The molecule has 5 unspecified atom stereocenters. The fraction of sp³-hybridized carbons (Fsp3) is 0.590. The largest absolute Gasteiger partial charge is 0.461 e. The summed E-state index contributed by atoms with van der Waals surface area (Å²) < 4.78 is 14.9. The zero-order valence-electron chi connectivity index (χ0n) is 28.2. The maximum atomic E-state index is 14.1. The average Bonchev–Trinajstić information content (AvgIpc) is 3.29. The molecule has 0 radical (unpaired) electrons. The summed E-state index contributed by atoms with van der Waals surface area (Å²) in [4.78, 5) is 28.2. The molecule has 4 bridgehead atoms. The Morgan fingerprint density at radius 2 is 1.09 bits per heavy atom. The van der Waals surface area contributed by atoms with Gasteiger partial charge >= 0.3 is 11.9 Å². The summed E-state index contributed by atoms with van der Waals surface area (Å²) >= 11 is 0. The first-order valence-electron chi connectivity index (χ1n) is 17.5. The molecule has 6 heteroatoms. The van der Waals surface area contributed by atoms with Gasteiger partial charge in [-0.25, -0.2) is 4.79 Å². The summed E-state index contributed by atoms with van der Waals surface area (Å²) in [6.45, 7) is 9.27. The highest BCUT2D eigenvalue weighted by Crippen LogP contribution is 2.45. The van der Waals surface area contributed by atoms with E-state index in [-0.39, 0.29) is 24.1 Å². The van der Waals surface area contributed by atoms with E-state index in [0.717, 1.165) is 45.8 Å². The number of piperidine rings is 2. The molecule has 6 nitrogen and oxygen atoms in total. The molecule has 4 fully saturated rings. The van der Waals surface area contributed by atoms with Gasteiger partial charge in [-0.3, -0.25) is 4.79 Å². The van der Waals surface area contributed by atoms with Crippen LogP contribution >= 0.6 is 0 Å². The molecule has 0 spiro atoms. The Bertz CT molecular complexity index is 1360. The van der Waals surface area contributed by atoms with Gasteiger partial charge in [0, 0.05) is 51.4 Å². The number of carbonyl (C=O) groups is 2. The minimum absolute atomic E-state index is 0.0993. The van der Waals surface area contributed by atoms with Gasteiger partial charge in [0.25, 0.3) is 0 Å². The second kappa shape index (κ2) is 12.7. The number of hydrogen-bond acceptors (Lipinski definition) is 4. The number of fused-ring (bicyclic) bond motifs is 4. The third kappa shape index (κ3) is 5.89. The second-order valence-electron chi connectivity index (χ2n) is 15.3. The summed E-state index contributed by atoms with van der Waals surface area (Å²) in [7, 11) is 4.77. The molecule has 0 aromatic heterocycles. The molecule has 45 heavy (non-hydrogen) atoms. The van der Waals surface area contributed by atoms with Crippen molar-refractivity contribution in [2.24, 2.45) is 0 Å². The van der Waals surface area contributed by atoms with Crippen molar-refractivity contribution < 1.29 is 28.0 Å². The third-order valence-electron chi connectivity index (χ3n) is 12.8. The van der Waals surface area contributed by atoms with E-state index in [1.807, 2.05) is 66.7 Å². The molecule has 4 aliphatic heterocycles. The first-order chi connectivity index (χ1) is 21.5. The SMILES string of the molecule is CC(C)[N+]1(C)[C@@H]2CC[C@H]1CC(OC(=O)/C(=C/C(C(=O)OC1C[C@H]3CC[C@@H](C1)[N+]3(C)C(C)C)c1ccccc1)c1ccccc1)C2. The molecule has 9 atom stereocenters. The molecule has 2 aromatic rings. The van der Waals surface area contributed by atoms with E-state index in [1.165, 1.54) is 25.7 Å². The molecular weight excluding hydrogens is 560 g/mol. The summed E-state index contributed by atoms with van der Waals surface area (Å²) in [5.41, 5.74) is 2.03. The van der Waals surface area contributed by atoms with Crippen LogP contribution in [0.2, 0.25) is 0 Å². The number of esters is 2. The molecule has 4 heterocycles. The first kappa shape index (κ1) is 32.0. The van der Waals surface area contributed by atoms with Gasteiger partial charge in [-0.15, -0.1) is 0 Å². The van der Waals surface area contributed by atoms with Crippen molar-refractivity contribution in [2.45, 2.75) is 133 Å². The van der Waals surface area contributed by atoms with Crippen LogP contribution in [0.5, 0.6) is 0 Å². The van der Waals surface area contributed by atoms with E-state index in [4.69, 9.17) is 9.47 Å². The number of hydrogen-bond donors (Lipinski definition) is 0. The van der Waals surface area contributed by atoms with E-state index in [9.17, 15) is 9.59 Å². The van der Waals surface area contributed by atoms with Gasteiger partial charge in [0.1, 0.15) is 18.1 Å². The van der Waals surface area contributed by atoms with E-state index in [1.54, 1.807) is 0 Å². The predicted molar refractivity (Wildman–Crippen MR) is 178 cm³/mol. The lowest BCUT2D eigenvalue weighted by Crippen LogP contribution is -2.62. The molecule has 0 aliphatic carbocycles. The Kier molecular flexibility index (Phi) is 9.02. The van der Waals surface area contributed by atoms with Gasteiger partial charge in [0.15, 0.2) is 0 Å². The van der Waals surface area contributed by atoms with Crippen molar-refractivity contribution in [3.05, 3.63) is 77.9 Å². The topological polar surface area (TPSA) is 52.6 Å². The van der Waals surface area contributed by atoms with Gasteiger partial charge in [-0.1, -0.05) is 66.7 Å². The predicted octanol–water partition coefficient (Wildman–Crippen LogP) is 7.04. The highest BCUT2D eigenvalue weighted by molar-refractivity contribution is 6.17. The normalized spacial score (nSPS) is 35.0. The quantitative estimate of drug-likeness (QED) is 0.173. The molecule has 0 saturated carbocycles. The lowest BCUT2D eigenvalue weighted by atomic mass is 9.92. The monoisotopic (exact) mass is 614 g/mol. The highest BCUT2D eigenvalue weighted by Gasteiger charge is 2.55. The van der Waals surface area contributed by atoms with E-state index >= 15 is 0 Å². The fourth-order valence-corrected chi connectivity index (χ4v) is 9.62. The standard InChI is InChI=1S/C39H54N2O4/c1-26(2)40(5)30-17-18-31(40)22-34(21-30)44-38(42)36(28-13-9-7-10-14-28)25-37(29-15-11-8-12-16-29)39(43)45-35-23-32-19-20-33(24-35)41(32,6)27(3)4/h7-16,25-27,30-36H,17-24H2,1-6H3/q+2/b37-25+/t30-,31+,32-,33+,34?,35?,36?,40?,41?. The van der Waals surface area contributed by atoms with Crippen molar-refractivity contribution in [1.82, 2.24) is 0 Å². The molecule has 4 aliphatic rings. The Labute approximate surface area is 270 Å². The Morgan fingerprint density at radius 3 is 1.53 bits per heavy atom. The van der Waals surface area contributed by atoms with Crippen LogP contribution in [0, 0.1) is 0 Å². The van der Waals surface area contributed by atoms with Crippen molar-refractivity contribution in [3.8, 4) is 0 Å². The van der Waals surface area contributed by atoms with E-state index in [2.05, 4.69) is 41.8 Å². The minimum Gasteiger partial charge on any atom is -0.461 e. The molecule has 2 aromatic carbocycles. The van der Waals surface area contributed by atoms with Crippen molar-refractivity contribution in [1.29, 1.82) is 0 Å². The zero-order valence-corrected chi connectivity index (χ0v) is 28.2. The second-order valence-corrected chi connectivity index (χ2v) is 15.3. The molecular formula is C39H54N2O4+2. The van der Waals surface area contributed by atoms with Crippen LogP contribution in [-0.2, 0) is 19.1 Å². The lowest BCUT2D eigenvalue weighted by Gasteiger charge is -2.49. The lowest BCUT2D eigenvalue weighted by molar-refractivity contribution is -0.968. The van der Waals surface area contributed by atoms with Gasteiger partial charge in [-0.2, -0.15) is 0 Å². The van der Waals surface area contributed by atoms with Crippen molar-refractivity contribution in [2.75, 3.05) is 14.1 Å². The molecule has 0 N–H and O–H groups in total. The van der Waals surface area contributed by atoms with Crippen molar-refractivity contribution in [3.63, 3.8) is 0 Å². The van der Waals surface area contributed by atoms with Gasteiger partial charge < -0.3 is 18.4 Å². The maximum Gasteiger partial charge on any atom is 0.338 e. The van der Waals surface area contributed by atoms with Crippen LogP contribution in [0.1, 0.15) is 96.1 Å². The molecule has 242 valence electrons. The van der Waals surface area contributed by atoms with Gasteiger partial charge in [-0.05, 0) is 38.8 Å². The van der Waals surface area contributed by atoms with Crippen LogP contribution < -0.4 is 0 Å². The minimum atomic E-state index is -0.706. The summed E-state index contributed by atoms with van der Waals surface area (Å²) in [5, 5.41) is 0. The summed E-state index contributed by atoms with van der Waals surface area (Å²) in [6.07, 6.45) is 9.94. The van der Waals surface area contributed by atoms with Crippen molar-refractivity contribution >= 4 is 17.5 Å². The fourth-order valence-electron chi connectivity index (χ4n) is 9.62. The number of quaternary nitrogens is 2. The van der Waals surface area contributed by atoms with E-state index in [0.29, 0.717) is 41.8 Å². The molecule has 0 amide bonds. The summed E-state index contributed by atoms with van der Waals surface area (Å²) in [5.74, 6) is -1.34. The first-order valence-corrected chi connectivity index (χ1v) is 17.5. The molecule has 6 rings (SSSR count). The summed E-state index contributed by atoms with van der Waals surface area (Å²) in [6, 6.07) is 22.6. The van der Waals surface area contributed by atoms with Gasteiger partial charge in [0.05, 0.1) is 55.9 Å².